The fourth-order valence-corrected chi connectivity index (χ4v) is 4.50. The van der Waals surface area contributed by atoms with Crippen molar-refractivity contribution in [3.05, 3.63) is 108 Å². The molecule has 3 aromatic rings. The molecule has 3 aromatic carbocycles. The Morgan fingerprint density at radius 3 is 1.57 bits per heavy atom. The van der Waals surface area contributed by atoms with Crippen LogP contribution in [0, 0.1) is 5.41 Å². The zero-order valence-corrected chi connectivity index (χ0v) is 17.9. The highest BCUT2D eigenvalue weighted by Gasteiger charge is 2.36. The van der Waals surface area contributed by atoms with Gasteiger partial charge in [-0.3, -0.25) is 0 Å². The van der Waals surface area contributed by atoms with Crippen molar-refractivity contribution in [1.29, 1.82) is 0 Å². The summed E-state index contributed by atoms with van der Waals surface area (Å²) in [6.45, 7) is 2.37. The number of hydrogen-bond acceptors (Lipinski definition) is 2. The lowest BCUT2D eigenvalue weighted by molar-refractivity contribution is 0.414. The quantitative estimate of drug-likeness (QED) is 0.455. The van der Waals surface area contributed by atoms with Gasteiger partial charge in [-0.1, -0.05) is 73.7 Å². The number of rotatable bonds is 6. The summed E-state index contributed by atoms with van der Waals surface area (Å²) < 4.78 is 10.7. The molecule has 0 aromatic heterocycles. The number of benzene rings is 3. The number of allylic oxidation sites excluding steroid dienone is 4. The third-order valence-corrected chi connectivity index (χ3v) is 6.04. The van der Waals surface area contributed by atoms with Gasteiger partial charge in [-0.2, -0.15) is 0 Å². The molecule has 0 N–H and O–H groups in total. The topological polar surface area (TPSA) is 18.5 Å². The molecule has 0 aliphatic heterocycles. The van der Waals surface area contributed by atoms with E-state index in [9.17, 15) is 0 Å². The number of methoxy groups -OCH3 is 2. The zero-order valence-electron chi connectivity index (χ0n) is 17.9. The second-order valence-corrected chi connectivity index (χ2v) is 7.92. The molecule has 0 saturated carbocycles. The molecule has 0 fully saturated rings. The van der Waals surface area contributed by atoms with Crippen LogP contribution >= 0.6 is 0 Å². The Morgan fingerprint density at radius 1 is 0.667 bits per heavy atom. The van der Waals surface area contributed by atoms with E-state index in [0.717, 1.165) is 24.3 Å². The average Bonchev–Trinajstić information content (AvgIpc) is 2.80. The van der Waals surface area contributed by atoms with Gasteiger partial charge in [0.1, 0.15) is 11.5 Å². The molecule has 0 heterocycles. The maximum absolute atomic E-state index is 5.37. The summed E-state index contributed by atoms with van der Waals surface area (Å²) in [5, 5.41) is 0. The molecular formula is C28H28O2. The normalized spacial score (nSPS) is 15.2. The Balaban J connectivity index is 1.79. The van der Waals surface area contributed by atoms with E-state index in [1.807, 2.05) is 24.3 Å². The summed E-state index contributed by atoms with van der Waals surface area (Å²) in [6.07, 6.45) is 6.60. The summed E-state index contributed by atoms with van der Waals surface area (Å²) in [7, 11) is 3.41. The molecule has 0 spiro atoms. The van der Waals surface area contributed by atoms with Crippen LogP contribution in [0.4, 0.5) is 0 Å². The van der Waals surface area contributed by atoms with Crippen LogP contribution in [0.25, 0.3) is 11.1 Å². The van der Waals surface area contributed by atoms with E-state index in [1.165, 1.54) is 27.8 Å². The van der Waals surface area contributed by atoms with Gasteiger partial charge >= 0.3 is 0 Å². The predicted octanol–water partition coefficient (Wildman–Crippen LogP) is 6.82. The van der Waals surface area contributed by atoms with Crippen molar-refractivity contribution in [3.8, 4) is 11.5 Å². The largest absolute Gasteiger partial charge is 0.497 e. The van der Waals surface area contributed by atoms with Gasteiger partial charge in [-0.15, -0.1) is 0 Å². The Bertz CT molecular complexity index is 979. The third kappa shape index (κ3) is 3.91. The molecule has 0 unspecified atom stereocenters. The summed E-state index contributed by atoms with van der Waals surface area (Å²) in [4.78, 5) is 0. The van der Waals surface area contributed by atoms with Crippen LogP contribution in [0.15, 0.2) is 91.0 Å². The molecular weight excluding hydrogens is 368 g/mol. The molecule has 1 aliphatic rings. The maximum Gasteiger partial charge on any atom is 0.118 e. The van der Waals surface area contributed by atoms with E-state index in [2.05, 4.69) is 73.7 Å². The molecule has 0 radical (unpaired) electrons. The molecule has 0 saturated heterocycles. The van der Waals surface area contributed by atoms with Crippen molar-refractivity contribution < 1.29 is 9.47 Å². The van der Waals surface area contributed by atoms with Crippen molar-refractivity contribution in [2.45, 2.75) is 19.8 Å². The Hall–Kier alpha value is -3.26. The van der Waals surface area contributed by atoms with E-state index in [1.54, 1.807) is 14.2 Å². The van der Waals surface area contributed by atoms with Gasteiger partial charge in [-0.25, -0.2) is 0 Å². The van der Waals surface area contributed by atoms with Crippen LogP contribution in [-0.2, 0) is 6.42 Å². The predicted molar refractivity (Wildman–Crippen MR) is 125 cm³/mol. The van der Waals surface area contributed by atoms with Gasteiger partial charge in [-0.05, 0) is 64.9 Å². The van der Waals surface area contributed by atoms with Gasteiger partial charge in [0.2, 0.25) is 0 Å². The van der Waals surface area contributed by atoms with Crippen molar-refractivity contribution in [2.24, 2.45) is 5.41 Å². The highest BCUT2D eigenvalue weighted by Crippen LogP contribution is 2.51. The summed E-state index contributed by atoms with van der Waals surface area (Å²) in [5.74, 6) is 1.76. The van der Waals surface area contributed by atoms with E-state index in [4.69, 9.17) is 9.47 Å². The molecule has 0 bridgehead atoms. The second kappa shape index (κ2) is 8.62. The molecule has 0 amide bonds. The van der Waals surface area contributed by atoms with Crippen molar-refractivity contribution in [1.82, 2.24) is 0 Å². The standard InChI is InChI=1S/C28H28O2/c1-28(20-21-8-5-4-6-9-21)26(22-12-16-24(29-2)17-13-22)10-7-11-27(28)23-14-18-25(30-3)19-15-23/h4-6,8-19H,7,20H2,1-3H3. The second-order valence-electron chi connectivity index (χ2n) is 7.92. The first-order chi connectivity index (χ1) is 14.6. The zero-order chi connectivity index (χ0) is 21.0. The third-order valence-electron chi connectivity index (χ3n) is 6.04. The van der Waals surface area contributed by atoms with E-state index in [0.29, 0.717) is 0 Å². The van der Waals surface area contributed by atoms with Crippen LogP contribution in [0.3, 0.4) is 0 Å². The lowest BCUT2D eigenvalue weighted by Crippen LogP contribution is -2.26. The monoisotopic (exact) mass is 396 g/mol. The van der Waals surface area contributed by atoms with E-state index < -0.39 is 0 Å². The lowest BCUT2D eigenvalue weighted by atomic mass is 9.65. The summed E-state index contributed by atoms with van der Waals surface area (Å²) >= 11 is 0. The fraction of sp³-hybridized carbons (Fsp3) is 0.214. The fourth-order valence-electron chi connectivity index (χ4n) is 4.50. The minimum absolute atomic E-state index is 0.150. The van der Waals surface area contributed by atoms with Gasteiger partial charge < -0.3 is 9.47 Å². The highest BCUT2D eigenvalue weighted by atomic mass is 16.5. The minimum Gasteiger partial charge on any atom is -0.497 e. The van der Waals surface area contributed by atoms with Crippen LogP contribution in [0.2, 0.25) is 0 Å². The molecule has 1 aliphatic carbocycles. The Labute approximate surface area is 179 Å². The van der Waals surface area contributed by atoms with E-state index >= 15 is 0 Å². The smallest absolute Gasteiger partial charge is 0.118 e. The summed E-state index contributed by atoms with van der Waals surface area (Å²) in [6, 6.07) is 27.6. The highest BCUT2D eigenvalue weighted by molar-refractivity contribution is 5.89. The Kier molecular flexibility index (Phi) is 5.76. The molecule has 2 nitrogen and oxygen atoms in total. The van der Waals surface area contributed by atoms with Crippen molar-refractivity contribution >= 4 is 11.1 Å². The van der Waals surface area contributed by atoms with Crippen LogP contribution in [-0.4, -0.2) is 14.2 Å². The number of ether oxygens (including phenoxy) is 2. The van der Waals surface area contributed by atoms with Gasteiger partial charge in [0.15, 0.2) is 0 Å². The van der Waals surface area contributed by atoms with E-state index in [-0.39, 0.29) is 5.41 Å². The number of hydrogen-bond donors (Lipinski definition) is 0. The molecule has 2 heteroatoms. The van der Waals surface area contributed by atoms with Crippen molar-refractivity contribution in [3.63, 3.8) is 0 Å². The first kappa shape index (κ1) is 20.0. The lowest BCUT2D eigenvalue weighted by Gasteiger charge is -2.38. The summed E-state index contributed by atoms with van der Waals surface area (Å²) in [5.41, 5.74) is 6.40. The van der Waals surface area contributed by atoms with Gasteiger partial charge in [0, 0.05) is 5.41 Å². The molecule has 30 heavy (non-hydrogen) atoms. The van der Waals surface area contributed by atoms with Crippen LogP contribution in [0.1, 0.15) is 30.0 Å². The Morgan fingerprint density at radius 2 is 1.13 bits per heavy atom. The first-order valence-electron chi connectivity index (χ1n) is 10.4. The molecule has 152 valence electrons. The SMILES string of the molecule is COc1ccc(C2=CCC=C(c3ccc(OC)cc3)C2(C)Cc2ccccc2)cc1. The van der Waals surface area contributed by atoms with Gasteiger partial charge in [0.25, 0.3) is 0 Å². The maximum atomic E-state index is 5.37. The van der Waals surface area contributed by atoms with Crippen LogP contribution in [0.5, 0.6) is 11.5 Å². The average molecular weight is 397 g/mol. The molecule has 0 atom stereocenters. The first-order valence-corrected chi connectivity index (χ1v) is 10.4. The van der Waals surface area contributed by atoms with Crippen molar-refractivity contribution in [2.75, 3.05) is 14.2 Å². The minimum atomic E-state index is -0.150. The van der Waals surface area contributed by atoms with Gasteiger partial charge in [0.05, 0.1) is 14.2 Å². The van der Waals surface area contributed by atoms with Crippen LogP contribution < -0.4 is 9.47 Å². The molecule has 4 rings (SSSR count).